The van der Waals surface area contributed by atoms with Crippen LogP contribution in [0.25, 0.3) is 0 Å². The van der Waals surface area contributed by atoms with Gasteiger partial charge in [-0.05, 0) is 31.7 Å². The summed E-state index contributed by atoms with van der Waals surface area (Å²) in [5.41, 5.74) is 2.90. The first-order valence-corrected chi connectivity index (χ1v) is 12.0. The number of amides is 3. The zero-order valence-electron chi connectivity index (χ0n) is 19.3. The Balaban J connectivity index is 1.31. The van der Waals surface area contributed by atoms with E-state index in [1.807, 2.05) is 36.1 Å². The van der Waals surface area contributed by atoms with E-state index in [0.29, 0.717) is 25.3 Å². The maximum atomic E-state index is 13.1. The lowest BCUT2D eigenvalue weighted by Gasteiger charge is -2.22. The van der Waals surface area contributed by atoms with Gasteiger partial charge in [-0.15, -0.1) is 0 Å². The third-order valence-corrected chi connectivity index (χ3v) is 6.42. The van der Waals surface area contributed by atoms with E-state index in [9.17, 15) is 14.4 Å². The van der Waals surface area contributed by atoms with E-state index in [4.69, 9.17) is 0 Å². The van der Waals surface area contributed by atoms with Crippen molar-refractivity contribution in [2.45, 2.75) is 71.0 Å². The Hall–Kier alpha value is -3.16. The van der Waals surface area contributed by atoms with Crippen molar-refractivity contribution in [2.75, 3.05) is 13.1 Å². The minimum Gasteiger partial charge on any atom is -0.353 e. The normalized spacial score (nSPS) is 16.8. The molecule has 2 aromatic rings. The van der Waals surface area contributed by atoms with Crippen molar-refractivity contribution in [1.82, 2.24) is 25.3 Å². The van der Waals surface area contributed by atoms with Crippen LogP contribution in [0.5, 0.6) is 0 Å². The van der Waals surface area contributed by atoms with E-state index >= 15 is 0 Å². The van der Waals surface area contributed by atoms with Gasteiger partial charge >= 0.3 is 0 Å². The fourth-order valence-electron chi connectivity index (χ4n) is 4.54. The summed E-state index contributed by atoms with van der Waals surface area (Å²) in [6.45, 7) is 4.04. The van der Waals surface area contributed by atoms with Gasteiger partial charge < -0.3 is 15.5 Å². The highest BCUT2D eigenvalue weighted by Crippen LogP contribution is 2.18. The van der Waals surface area contributed by atoms with E-state index in [1.165, 1.54) is 12.0 Å². The first-order chi connectivity index (χ1) is 16.0. The molecule has 1 fully saturated rings. The van der Waals surface area contributed by atoms with Crippen LogP contribution in [-0.2, 0) is 17.9 Å². The molecule has 2 aliphatic rings. The molecule has 176 valence electrons. The summed E-state index contributed by atoms with van der Waals surface area (Å²) in [5, 5.41) is 10.2. The molecule has 0 bridgehead atoms. The Morgan fingerprint density at radius 3 is 2.58 bits per heavy atom. The molecule has 0 radical (unpaired) electrons. The number of fused-ring (bicyclic) bond motifs is 1. The van der Waals surface area contributed by atoms with Crippen molar-refractivity contribution in [3.05, 3.63) is 52.8 Å². The van der Waals surface area contributed by atoms with Gasteiger partial charge in [0.05, 0.1) is 0 Å². The lowest BCUT2D eigenvalue weighted by molar-refractivity contribution is -0.121. The summed E-state index contributed by atoms with van der Waals surface area (Å²) >= 11 is 0. The topological polar surface area (TPSA) is 96.3 Å². The summed E-state index contributed by atoms with van der Waals surface area (Å²) in [6, 6.07) is 9.98. The van der Waals surface area contributed by atoms with Crippen LogP contribution in [0.1, 0.15) is 77.0 Å². The first kappa shape index (κ1) is 23.0. The molecule has 2 heterocycles. The van der Waals surface area contributed by atoms with E-state index in [2.05, 4.69) is 15.7 Å². The Kier molecular flexibility index (Phi) is 7.42. The van der Waals surface area contributed by atoms with Gasteiger partial charge in [-0.1, -0.05) is 49.1 Å². The van der Waals surface area contributed by atoms with Gasteiger partial charge in [-0.25, -0.2) is 0 Å². The highest BCUT2D eigenvalue weighted by Gasteiger charge is 2.26. The minimum absolute atomic E-state index is 0.0373. The molecule has 8 nitrogen and oxygen atoms in total. The third kappa shape index (κ3) is 6.00. The van der Waals surface area contributed by atoms with Crippen LogP contribution in [0.3, 0.4) is 0 Å². The molecule has 1 aliphatic carbocycles. The van der Waals surface area contributed by atoms with Gasteiger partial charge in [0.15, 0.2) is 5.69 Å². The molecule has 1 aromatic carbocycles. The Morgan fingerprint density at radius 1 is 1.06 bits per heavy atom. The molecular weight excluding hydrogens is 418 g/mol. The maximum absolute atomic E-state index is 13.1. The molecular formula is C25H33N5O3. The maximum Gasteiger partial charge on any atom is 0.272 e. The number of benzene rings is 1. The molecule has 1 aliphatic heterocycles. The number of rotatable bonds is 7. The second-order valence-corrected chi connectivity index (χ2v) is 9.11. The summed E-state index contributed by atoms with van der Waals surface area (Å²) in [6.07, 6.45) is 6.64. The van der Waals surface area contributed by atoms with Crippen molar-refractivity contribution in [1.29, 1.82) is 0 Å². The van der Waals surface area contributed by atoms with E-state index in [-0.39, 0.29) is 42.4 Å². The molecule has 1 aromatic heterocycles. The quantitative estimate of drug-likeness (QED) is 0.677. The fourth-order valence-corrected chi connectivity index (χ4v) is 4.54. The second-order valence-electron chi connectivity index (χ2n) is 9.11. The smallest absolute Gasteiger partial charge is 0.272 e. The first-order valence-electron chi connectivity index (χ1n) is 12.0. The van der Waals surface area contributed by atoms with Gasteiger partial charge in [0.2, 0.25) is 5.91 Å². The molecule has 0 spiro atoms. The van der Waals surface area contributed by atoms with E-state index in [0.717, 1.165) is 37.7 Å². The van der Waals surface area contributed by atoms with Crippen molar-refractivity contribution in [3.8, 4) is 0 Å². The van der Waals surface area contributed by atoms with Crippen LogP contribution in [0.4, 0.5) is 0 Å². The molecule has 0 unspecified atom stereocenters. The number of carbonyl (C=O) groups is 3. The van der Waals surface area contributed by atoms with Crippen LogP contribution in [0.2, 0.25) is 0 Å². The Bertz CT molecular complexity index is 992. The van der Waals surface area contributed by atoms with E-state index < -0.39 is 0 Å². The Morgan fingerprint density at radius 2 is 1.82 bits per heavy atom. The Labute approximate surface area is 194 Å². The number of aryl methyl sites for hydroxylation is 2. The van der Waals surface area contributed by atoms with Crippen molar-refractivity contribution in [3.63, 3.8) is 0 Å². The number of nitrogens with zero attached hydrogens (tertiary/aromatic N) is 3. The lowest BCUT2D eigenvalue weighted by atomic mass is 9.95. The predicted octanol–water partition coefficient (Wildman–Crippen LogP) is 2.81. The largest absolute Gasteiger partial charge is 0.353 e. The van der Waals surface area contributed by atoms with Crippen molar-refractivity contribution >= 4 is 17.7 Å². The standard InChI is InChI=1S/C25H33N5O3/c1-18-8-10-19(11-9-18)17-29-14-5-15-30-22(25(29)33)16-21(28-30)24(32)26-13-12-23(31)27-20-6-3-2-4-7-20/h8-11,16,20H,2-7,12-15,17H2,1H3,(H,26,32)(H,27,31). The number of carbonyl (C=O) groups excluding carboxylic acids is 3. The molecule has 2 N–H and O–H groups in total. The molecule has 8 heteroatoms. The number of nitrogens with one attached hydrogen (secondary N) is 2. The zero-order chi connectivity index (χ0) is 23.2. The van der Waals surface area contributed by atoms with Gasteiger partial charge in [-0.3, -0.25) is 19.1 Å². The lowest BCUT2D eigenvalue weighted by Crippen LogP contribution is -2.38. The van der Waals surface area contributed by atoms with Crippen LogP contribution >= 0.6 is 0 Å². The highest BCUT2D eigenvalue weighted by atomic mass is 16.2. The zero-order valence-corrected chi connectivity index (χ0v) is 19.3. The van der Waals surface area contributed by atoms with Gasteiger partial charge in [-0.2, -0.15) is 5.10 Å². The molecule has 3 amide bonds. The average molecular weight is 452 g/mol. The van der Waals surface area contributed by atoms with Crippen molar-refractivity contribution < 1.29 is 14.4 Å². The monoisotopic (exact) mass is 451 g/mol. The summed E-state index contributed by atoms with van der Waals surface area (Å²) in [5.74, 6) is -0.518. The predicted molar refractivity (Wildman–Crippen MR) is 125 cm³/mol. The van der Waals surface area contributed by atoms with Gasteiger partial charge in [0.25, 0.3) is 11.8 Å². The average Bonchev–Trinajstić information content (AvgIpc) is 3.18. The summed E-state index contributed by atoms with van der Waals surface area (Å²) in [7, 11) is 0. The van der Waals surface area contributed by atoms with E-state index in [1.54, 1.807) is 10.7 Å². The molecule has 4 rings (SSSR count). The third-order valence-electron chi connectivity index (χ3n) is 6.42. The molecule has 0 atom stereocenters. The molecule has 0 saturated heterocycles. The number of hydrogen-bond acceptors (Lipinski definition) is 4. The molecule has 1 saturated carbocycles. The van der Waals surface area contributed by atoms with Crippen molar-refractivity contribution in [2.24, 2.45) is 0 Å². The van der Waals surface area contributed by atoms with Gasteiger partial charge in [0, 0.05) is 44.7 Å². The number of aromatic nitrogens is 2. The minimum atomic E-state index is -0.362. The summed E-state index contributed by atoms with van der Waals surface area (Å²) < 4.78 is 1.63. The fraction of sp³-hybridized carbons (Fsp3) is 0.520. The number of hydrogen-bond donors (Lipinski definition) is 2. The SMILES string of the molecule is Cc1ccc(CN2CCCn3nc(C(=O)NCCC(=O)NC4CCCCC4)cc3C2=O)cc1. The van der Waals surface area contributed by atoms with Crippen LogP contribution in [0, 0.1) is 6.92 Å². The molecule has 33 heavy (non-hydrogen) atoms. The van der Waals surface area contributed by atoms with Gasteiger partial charge in [0.1, 0.15) is 5.69 Å². The van der Waals surface area contributed by atoms with Crippen LogP contribution in [0.15, 0.2) is 30.3 Å². The van der Waals surface area contributed by atoms with Crippen LogP contribution < -0.4 is 10.6 Å². The summed E-state index contributed by atoms with van der Waals surface area (Å²) in [4.78, 5) is 39.7. The highest BCUT2D eigenvalue weighted by molar-refractivity contribution is 5.98. The second kappa shape index (κ2) is 10.6. The van der Waals surface area contributed by atoms with Crippen LogP contribution in [-0.4, -0.2) is 51.5 Å².